The quantitative estimate of drug-likeness (QED) is 0.693. The van der Waals surface area contributed by atoms with Gasteiger partial charge >= 0.3 is 5.97 Å². The van der Waals surface area contributed by atoms with Crippen LogP contribution in [0.25, 0.3) is 11.1 Å². The van der Waals surface area contributed by atoms with Gasteiger partial charge in [0.25, 0.3) is 0 Å². The summed E-state index contributed by atoms with van der Waals surface area (Å²) >= 11 is 3.36. The number of benzene rings is 1. The monoisotopic (exact) mass is 321 g/mol. The molecule has 0 bridgehead atoms. The maximum atomic E-state index is 11.8. The first-order valence-electron chi connectivity index (χ1n) is 5.78. The molecule has 0 spiro atoms. The highest BCUT2D eigenvalue weighted by Crippen LogP contribution is 2.34. The van der Waals surface area contributed by atoms with Gasteiger partial charge in [-0.2, -0.15) is 0 Å². The summed E-state index contributed by atoms with van der Waals surface area (Å²) in [6.45, 7) is 2.01. The molecule has 0 fully saturated rings. The average molecular weight is 322 g/mol. The summed E-state index contributed by atoms with van der Waals surface area (Å²) in [4.78, 5) is 25.7. The zero-order valence-electron chi connectivity index (χ0n) is 10.3. The van der Waals surface area contributed by atoms with Gasteiger partial charge in [-0.1, -0.05) is 30.3 Å². The maximum Gasteiger partial charge on any atom is 0.355 e. The van der Waals surface area contributed by atoms with Crippen LogP contribution in [-0.2, 0) is 4.74 Å². The van der Waals surface area contributed by atoms with E-state index in [0.29, 0.717) is 22.0 Å². The van der Waals surface area contributed by atoms with Crippen molar-refractivity contribution in [2.24, 2.45) is 0 Å². The Labute approximate surface area is 118 Å². The Hall–Kier alpha value is -1.88. The molecular weight excluding hydrogens is 310 g/mol. The normalized spacial score (nSPS) is 10.2. The number of aldehydes is 1. The molecule has 0 aliphatic heterocycles. The van der Waals surface area contributed by atoms with E-state index >= 15 is 0 Å². The first-order chi connectivity index (χ1) is 9.19. The van der Waals surface area contributed by atoms with Crippen LogP contribution >= 0.6 is 15.9 Å². The highest BCUT2D eigenvalue weighted by molar-refractivity contribution is 9.10. The molecule has 2 aromatic rings. The predicted octanol–water partition coefficient (Wildman–Crippen LogP) is 3.43. The molecule has 5 heteroatoms. The molecule has 4 nitrogen and oxygen atoms in total. The first kappa shape index (κ1) is 13.5. The highest BCUT2D eigenvalue weighted by atomic mass is 79.9. The van der Waals surface area contributed by atoms with Crippen molar-refractivity contribution in [3.05, 3.63) is 46.2 Å². The van der Waals surface area contributed by atoms with Crippen LogP contribution in [0, 0.1) is 0 Å². The zero-order chi connectivity index (χ0) is 13.8. The lowest BCUT2D eigenvalue weighted by Crippen LogP contribution is -2.05. The molecule has 1 aromatic carbocycles. The molecule has 19 heavy (non-hydrogen) atoms. The second kappa shape index (κ2) is 5.84. The number of nitrogens with one attached hydrogen (secondary N) is 1. The van der Waals surface area contributed by atoms with Crippen LogP contribution in [0.4, 0.5) is 0 Å². The number of esters is 1. The number of halogens is 1. The summed E-state index contributed by atoms with van der Waals surface area (Å²) in [5.74, 6) is -0.486. The standard InChI is InChI=1S/C14H12BrNO3/c1-2-19-14(18)13-12(15)11(10(8-17)16-13)9-6-4-3-5-7-9/h3-8,16H,2H2,1H3. The fraction of sp³-hybridized carbons (Fsp3) is 0.143. The Morgan fingerprint density at radius 2 is 2.05 bits per heavy atom. The number of rotatable bonds is 4. The van der Waals surface area contributed by atoms with Crippen LogP contribution < -0.4 is 0 Å². The summed E-state index contributed by atoms with van der Waals surface area (Å²) in [6, 6.07) is 9.36. The Morgan fingerprint density at radius 3 is 2.63 bits per heavy atom. The Balaban J connectivity index is 2.55. The van der Waals surface area contributed by atoms with Crippen LogP contribution in [0.5, 0.6) is 0 Å². The van der Waals surface area contributed by atoms with Gasteiger partial charge in [-0.25, -0.2) is 4.79 Å². The first-order valence-corrected chi connectivity index (χ1v) is 6.57. The minimum Gasteiger partial charge on any atom is -0.461 e. The smallest absolute Gasteiger partial charge is 0.355 e. The van der Waals surface area contributed by atoms with Gasteiger partial charge in [0.05, 0.1) is 16.8 Å². The molecule has 0 saturated heterocycles. The van der Waals surface area contributed by atoms with Crippen molar-refractivity contribution < 1.29 is 14.3 Å². The molecular formula is C14H12BrNO3. The zero-order valence-corrected chi connectivity index (χ0v) is 11.9. The van der Waals surface area contributed by atoms with Gasteiger partial charge < -0.3 is 9.72 Å². The molecule has 0 radical (unpaired) electrons. The van der Waals surface area contributed by atoms with Crippen molar-refractivity contribution in [2.45, 2.75) is 6.92 Å². The van der Waals surface area contributed by atoms with E-state index in [9.17, 15) is 9.59 Å². The second-order valence-electron chi connectivity index (χ2n) is 3.81. The number of aromatic nitrogens is 1. The van der Waals surface area contributed by atoms with Gasteiger partial charge in [-0.3, -0.25) is 4.79 Å². The van der Waals surface area contributed by atoms with Crippen molar-refractivity contribution in [1.82, 2.24) is 4.98 Å². The van der Waals surface area contributed by atoms with Crippen molar-refractivity contribution in [1.29, 1.82) is 0 Å². The van der Waals surface area contributed by atoms with Gasteiger partial charge in [-0.15, -0.1) is 0 Å². The Morgan fingerprint density at radius 1 is 1.37 bits per heavy atom. The van der Waals surface area contributed by atoms with E-state index in [2.05, 4.69) is 20.9 Å². The van der Waals surface area contributed by atoms with E-state index in [1.54, 1.807) is 6.92 Å². The van der Waals surface area contributed by atoms with E-state index in [1.807, 2.05) is 30.3 Å². The fourth-order valence-corrected chi connectivity index (χ4v) is 2.52. The Kier molecular flexibility index (Phi) is 4.16. The molecule has 1 N–H and O–H groups in total. The SMILES string of the molecule is CCOC(=O)c1[nH]c(C=O)c(-c2ccccc2)c1Br. The van der Waals surface area contributed by atoms with E-state index in [-0.39, 0.29) is 12.3 Å². The van der Waals surface area contributed by atoms with Crippen molar-refractivity contribution in [3.8, 4) is 11.1 Å². The number of aromatic amines is 1. The van der Waals surface area contributed by atoms with Crippen molar-refractivity contribution in [3.63, 3.8) is 0 Å². The number of hydrogen-bond acceptors (Lipinski definition) is 3. The summed E-state index contributed by atoms with van der Waals surface area (Å²) in [5, 5.41) is 0. The summed E-state index contributed by atoms with van der Waals surface area (Å²) < 4.78 is 5.48. The topological polar surface area (TPSA) is 59.2 Å². The van der Waals surface area contributed by atoms with E-state index in [0.717, 1.165) is 5.56 Å². The molecule has 0 aliphatic rings. The molecule has 2 rings (SSSR count). The van der Waals surface area contributed by atoms with Crippen LogP contribution in [0.2, 0.25) is 0 Å². The van der Waals surface area contributed by atoms with E-state index < -0.39 is 5.97 Å². The lowest BCUT2D eigenvalue weighted by molar-refractivity contribution is 0.0519. The summed E-state index contributed by atoms with van der Waals surface area (Å²) in [7, 11) is 0. The third kappa shape index (κ3) is 2.61. The molecule has 0 aliphatic carbocycles. The third-order valence-corrected chi connectivity index (χ3v) is 3.42. The molecule has 0 atom stereocenters. The third-order valence-electron chi connectivity index (χ3n) is 2.63. The molecule has 1 aromatic heterocycles. The maximum absolute atomic E-state index is 11.8. The lowest BCUT2D eigenvalue weighted by Gasteiger charge is -2.01. The lowest BCUT2D eigenvalue weighted by atomic mass is 10.1. The van der Waals surface area contributed by atoms with Crippen LogP contribution in [0.1, 0.15) is 27.9 Å². The van der Waals surface area contributed by atoms with E-state index in [1.165, 1.54) is 0 Å². The highest BCUT2D eigenvalue weighted by Gasteiger charge is 2.21. The van der Waals surface area contributed by atoms with Gasteiger partial charge in [0.1, 0.15) is 5.69 Å². The molecule has 98 valence electrons. The number of carbonyl (C=O) groups excluding carboxylic acids is 2. The number of hydrogen-bond donors (Lipinski definition) is 1. The van der Waals surface area contributed by atoms with Crippen LogP contribution in [0.15, 0.2) is 34.8 Å². The Bertz CT molecular complexity index is 605. The average Bonchev–Trinajstić information content (AvgIpc) is 2.77. The molecule has 0 saturated carbocycles. The minimum atomic E-state index is -0.486. The molecule has 1 heterocycles. The molecule has 0 unspecified atom stereocenters. The van der Waals surface area contributed by atoms with Crippen molar-refractivity contribution in [2.75, 3.05) is 6.61 Å². The van der Waals surface area contributed by atoms with E-state index in [4.69, 9.17) is 4.74 Å². The minimum absolute atomic E-state index is 0.253. The van der Waals surface area contributed by atoms with Crippen LogP contribution in [0.3, 0.4) is 0 Å². The predicted molar refractivity (Wildman–Crippen MR) is 75.3 cm³/mol. The van der Waals surface area contributed by atoms with Gasteiger partial charge in [0.2, 0.25) is 0 Å². The summed E-state index contributed by atoms with van der Waals surface area (Å²) in [6.07, 6.45) is 0.690. The number of carbonyl (C=O) groups is 2. The van der Waals surface area contributed by atoms with Gasteiger partial charge in [0.15, 0.2) is 6.29 Å². The second-order valence-corrected chi connectivity index (χ2v) is 4.60. The van der Waals surface area contributed by atoms with Gasteiger partial charge in [0, 0.05) is 5.56 Å². The summed E-state index contributed by atoms with van der Waals surface area (Å²) in [5.41, 5.74) is 2.12. The largest absolute Gasteiger partial charge is 0.461 e. The van der Waals surface area contributed by atoms with Gasteiger partial charge in [-0.05, 0) is 28.4 Å². The molecule has 0 amide bonds. The number of H-pyrrole nitrogens is 1. The number of ether oxygens (including phenoxy) is 1. The van der Waals surface area contributed by atoms with Crippen molar-refractivity contribution >= 4 is 28.2 Å². The fourth-order valence-electron chi connectivity index (χ4n) is 1.81. The van der Waals surface area contributed by atoms with Crippen LogP contribution in [-0.4, -0.2) is 23.8 Å².